The van der Waals surface area contributed by atoms with Crippen LogP contribution in [0, 0.1) is 23.2 Å². The van der Waals surface area contributed by atoms with E-state index >= 15 is 0 Å². The molecule has 0 amide bonds. The second-order valence-corrected chi connectivity index (χ2v) is 7.35. The molecule has 1 aliphatic rings. The van der Waals surface area contributed by atoms with Gasteiger partial charge in [-0.15, -0.1) is 0 Å². The quantitative estimate of drug-likeness (QED) is 0.746. The summed E-state index contributed by atoms with van der Waals surface area (Å²) in [6, 6.07) is 0. The van der Waals surface area contributed by atoms with E-state index in [0.717, 1.165) is 24.3 Å². The molecule has 0 radical (unpaired) electrons. The van der Waals surface area contributed by atoms with Crippen LogP contribution in [0.4, 0.5) is 0 Å². The summed E-state index contributed by atoms with van der Waals surface area (Å²) in [6.07, 6.45) is 7.17. The van der Waals surface area contributed by atoms with E-state index in [2.05, 4.69) is 39.9 Å². The van der Waals surface area contributed by atoms with Crippen LogP contribution in [0.2, 0.25) is 0 Å². The number of hydrogen-bond acceptors (Lipinski definition) is 1. The highest BCUT2D eigenvalue weighted by molar-refractivity contribution is 4.81. The van der Waals surface area contributed by atoms with E-state index in [1.54, 1.807) is 0 Å². The van der Waals surface area contributed by atoms with Crippen LogP contribution in [0.15, 0.2) is 0 Å². The third kappa shape index (κ3) is 5.90. The minimum Gasteiger partial charge on any atom is -0.317 e. The molecule has 1 rings (SSSR count). The molecule has 0 saturated heterocycles. The van der Waals surface area contributed by atoms with Crippen molar-refractivity contribution < 1.29 is 0 Å². The maximum Gasteiger partial charge on any atom is -0.00180 e. The largest absolute Gasteiger partial charge is 0.317 e. The van der Waals surface area contributed by atoms with Crippen LogP contribution in [-0.2, 0) is 0 Å². The lowest BCUT2D eigenvalue weighted by Crippen LogP contribution is -2.33. The summed E-state index contributed by atoms with van der Waals surface area (Å²) in [4.78, 5) is 0. The average Bonchev–Trinajstić information content (AvgIpc) is 2.24. The smallest absolute Gasteiger partial charge is 0.00180 e. The monoisotopic (exact) mass is 239 g/mol. The molecule has 0 heterocycles. The maximum atomic E-state index is 3.56. The van der Waals surface area contributed by atoms with Crippen molar-refractivity contribution in [3.63, 3.8) is 0 Å². The number of hydrogen-bond donors (Lipinski definition) is 1. The average molecular weight is 239 g/mol. The lowest BCUT2D eigenvalue weighted by atomic mass is 9.71. The Morgan fingerprint density at radius 1 is 1.12 bits per heavy atom. The summed E-state index contributed by atoms with van der Waals surface area (Å²) in [5.41, 5.74) is 0.503. The molecule has 0 aromatic carbocycles. The Kier molecular flexibility index (Phi) is 5.99. The van der Waals surface area contributed by atoms with E-state index < -0.39 is 0 Å². The summed E-state index contributed by atoms with van der Waals surface area (Å²) in [5, 5.41) is 3.56. The van der Waals surface area contributed by atoms with Crippen molar-refractivity contribution in [1.29, 1.82) is 0 Å². The minimum atomic E-state index is 0.503. The minimum absolute atomic E-state index is 0.503. The van der Waals surface area contributed by atoms with E-state index in [9.17, 15) is 0 Å². The van der Waals surface area contributed by atoms with Crippen molar-refractivity contribution in [1.82, 2.24) is 5.32 Å². The van der Waals surface area contributed by atoms with Gasteiger partial charge in [0.2, 0.25) is 0 Å². The van der Waals surface area contributed by atoms with Crippen molar-refractivity contribution in [2.75, 3.05) is 13.1 Å². The van der Waals surface area contributed by atoms with Gasteiger partial charge in [-0.05, 0) is 61.9 Å². The molecule has 1 fully saturated rings. The zero-order valence-electron chi connectivity index (χ0n) is 12.7. The summed E-state index contributed by atoms with van der Waals surface area (Å²) in [5.74, 6) is 2.86. The molecule has 0 aromatic heterocycles. The van der Waals surface area contributed by atoms with Gasteiger partial charge >= 0.3 is 0 Å². The van der Waals surface area contributed by atoms with E-state index in [-0.39, 0.29) is 0 Å². The molecule has 1 saturated carbocycles. The zero-order chi connectivity index (χ0) is 12.9. The van der Waals surface area contributed by atoms with Gasteiger partial charge in [-0.3, -0.25) is 0 Å². The number of rotatable bonds is 5. The predicted molar refractivity (Wildman–Crippen MR) is 77.2 cm³/mol. The molecule has 0 aromatic rings. The Labute approximate surface area is 109 Å². The van der Waals surface area contributed by atoms with Crippen LogP contribution in [0.3, 0.4) is 0 Å². The first-order valence-corrected chi connectivity index (χ1v) is 7.63. The van der Waals surface area contributed by atoms with E-state index in [4.69, 9.17) is 0 Å². The Bertz CT molecular complexity index is 202. The van der Waals surface area contributed by atoms with Crippen LogP contribution in [0.1, 0.15) is 66.7 Å². The molecule has 1 N–H and O–H groups in total. The topological polar surface area (TPSA) is 12.0 Å². The first-order chi connectivity index (χ1) is 7.92. The summed E-state index contributed by atoms with van der Waals surface area (Å²) >= 11 is 0. The second kappa shape index (κ2) is 6.78. The van der Waals surface area contributed by atoms with Crippen LogP contribution < -0.4 is 5.32 Å². The normalized spacial score (nSPS) is 30.5. The number of nitrogens with one attached hydrogen (secondary N) is 1. The summed E-state index contributed by atoms with van der Waals surface area (Å²) in [6.45, 7) is 14.1. The lowest BCUT2D eigenvalue weighted by molar-refractivity contribution is 0.158. The fraction of sp³-hybridized carbons (Fsp3) is 1.00. The van der Waals surface area contributed by atoms with Gasteiger partial charge in [0.1, 0.15) is 0 Å². The first kappa shape index (κ1) is 15.0. The fourth-order valence-electron chi connectivity index (χ4n) is 3.13. The Morgan fingerprint density at radius 2 is 1.82 bits per heavy atom. The lowest BCUT2D eigenvalue weighted by Gasteiger charge is -2.36. The highest BCUT2D eigenvalue weighted by atomic mass is 14.8. The molecule has 102 valence electrons. The van der Waals surface area contributed by atoms with Gasteiger partial charge in [0.25, 0.3) is 0 Å². The van der Waals surface area contributed by atoms with E-state index in [1.165, 1.54) is 38.6 Å². The van der Waals surface area contributed by atoms with Gasteiger partial charge in [0.15, 0.2) is 0 Å². The van der Waals surface area contributed by atoms with Gasteiger partial charge in [-0.25, -0.2) is 0 Å². The standard InChI is InChI=1S/C16H33N/c1-6-17-12-15-8-7-13(2)11-14(15)9-10-16(3,4)5/h13-15,17H,6-12H2,1-5H3. The second-order valence-electron chi connectivity index (χ2n) is 7.35. The predicted octanol–water partition coefficient (Wildman–Crippen LogP) is 4.47. The molecule has 3 atom stereocenters. The van der Waals surface area contributed by atoms with Gasteiger partial charge in [0.05, 0.1) is 0 Å². The molecule has 1 heteroatoms. The molecular formula is C16H33N. The highest BCUT2D eigenvalue weighted by Gasteiger charge is 2.28. The van der Waals surface area contributed by atoms with E-state index in [1.807, 2.05) is 0 Å². The van der Waals surface area contributed by atoms with Crippen molar-refractivity contribution in [2.24, 2.45) is 23.2 Å². The molecule has 1 aliphatic carbocycles. The van der Waals surface area contributed by atoms with Crippen LogP contribution in [0.25, 0.3) is 0 Å². The van der Waals surface area contributed by atoms with Crippen LogP contribution >= 0.6 is 0 Å². The summed E-state index contributed by atoms with van der Waals surface area (Å²) in [7, 11) is 0. The van der Waals surface area contributed by atoms with Crippen molar-refractivity contribution in [3.05, 3.63) is 0 Å². The van der Waals surface area contributed by atoms with E-state index in [0.29, 0.717) is 5.41 Å². The Hall–Kier alpha value is -0.0400. The molecule has 17 heavy (non-hydrogen) atoms. The van der Waals surface area contributed by atoms with Crippen molar-refractivity contribution in [3.8, 4) is 0 Å². The van der Waals surface area contributed by atoms with Gasteiger partial charge in [0, 0.05) is 0 Å². The molecule has 0 spiro atoms. The maximum absolute atomic E-state index is 3.56. The van der Waals surface area contributed by atoms with Crippen LogP contribution in [-0.4, -0.2) is 13.1 Å². The molecule has 3 unspecified atom stereocenters. The third-order valence-electron chi connectivity index (χ3n) is 4.32. The van der Waals surface area contributed by atoms with Gasteiger partial charge < -0.3 is 5.32 Å². The highest BCUT2D eigenvalue weighted by Crippen LogP contribution is 2.38. The molecule has 0 aliphatic heterocycles. The fourth-order valence-corrected chi connectivity index (χ4v) is 3.13. The zero-order valence-corrected chi connectivity index (χ0v) is 12.7. The Balaban J connectivity index is 2.43. The van der Waals surface area contributed by atoms with Crippen molar-refractivity contribution in [2.45, 2.75) is 66.7 Å². The SMILES string of the molecule is CCNCC1CCC(C)CC1CCC(C)(C)C. The molecule has 0 bridgehead atoms. The van der Waals surface area contributed by atoms with Gasteiger partial charge in [-0.1, -0.05) is 41.0 Å². The molecular weight excluding hydrogens is 206 g/mol. The molecule has 1 nitrogen and oxygen atoms in total. The van der Waals surface area contributed by atoms with Crippen LogP contribution in [0.5, 0.6) is 0 Å². The first-order valence-electron chi connectivity index (χ1n) is 7.63. The van der Waals surface area contributed by atoms with Gasteiger partial charge in [-0.2, -0.15) is 0 Å². The Morgan fingerprint density at radius 3 is 2.41 bits per heavy atom. The summed E-state index contributed by atoms with van der Waals surface area (Å²) < 4.78 is 0. The van der Waals surface area contributed by atoms with Crippen molar-refractivity contribution >= 4 is 0 Å². The third-order valence-corrected chi connectivity index (χ3v) is 4.32.